The highest BCUT2D eigenvalue weighted by atomic mass is 16.5. The standard InChI is InChI=1S/C28H28N6O3/c1-19-9-10-29-27(36)26(19)20-7-8-24-21(16-20)18-30-28(33-24)32-23-5-2-4-22(17-23)31-25(35)6-3-11-34-12-14-37-15-13-34/h2-10,16-18H,11-15H2,1H3,(H,29,36)(H,31,35)(H,30,32,33)/b6-3+. The lowest BCUT2D eigenvalue weighted by Gasteiger charge is -2.25. The summed E-state index contributed by atoms with van der Waals surface area (Å²) < 4.78 is 5.34. The molecular weight excluding hydrogens is 468 g/mol. The van der Waals surface area contributed by atoms with Gasteiger partial charge in [-0.2, -0.15) is 0 Å². The number of hydrogen-bond acceptors (Lipinski definition) is 7. The van der Waals surface area contributed by atoms with Gasteiger partial charge in [0.25, 0.3) is 5.56 Å². The number of aromatic amines is 1. The minimum Gasteiger partial charge on any atom is -0.379 e. The lowest BCUT2D eigenvalue weighted by Crippen LogP contribution is -2.36. The summed E-state index contributed by atoms with van der Waals surface area (Å²) in [5.41, 5.74) is 4.40. The third-order valence-corrected chi connectivity index (χ3v) is 6.16. The molecule has 9 nitrogen and oxygen atoms in total. The van der Waals surface area contributed by atoms with Crippen molar-refractivity contribution in [1.29, 1.82) is 0 Å². The number of ether oxygens (including phenoxy) is 1. The summed E-state index contributed by atoms with van der Waals surface area (Å²) in [5.74, 6) is 0.249. The molecule has 188 valence electrons. The molecule has 4 aromatic rings. The van der Waals surface area contributed by atoms with Crippen LogP contribution in [0.2, 0.25) is 0 Å². The maximum atomic E-state index is 12.3. The van der Waals surface area contributed by atoms with Gasteiger partial charge < -0.3 is 20.4 Å². The number of nitrogens with one attached hydrogen (secondary N) is 3. The van der Waals surface area contributed by atoms with E-state index in [9.17, 15) is 9.59 Å². The van der Waals surface area contributed by atoms with E-state index in [2.05, 4.69) is 30.5 Å². The fourth-order valence-corrected chi connectivity index (χ4v) is 4.27. The smallest absolute Gasteiger partial charge is 0.256 e. The van der Waals surface area contributed by atoms with Crippen molar-refractivity contribution in [3.63, 3.8) is 0 Å². The Balaban J connectivity index is 1.25. The van der Waals surface area contributed by atoms with Gasteiger partial charge in [0.2, 0.25) is 11.9 Å². The van der Waals surface area contributed by atoms with Gasteiger partial charge in [0.1, 0.15) is 0 Å². The fraction of sp³-hybridized carbons (Fsp3) is 0.214. The predicted octanol–water partition coefficient (Wildman–Crippen LogP) is 3.86. The number of rotatable bonds is 7. The average molecular weight is 497 g/mol. The molecule has 0 aliphatic carbocycles. The van der Waals surface area contributed by atoms with E-state index in [1.165, 1.54) is 0 Å². The third-order valence-electron chi connectivity index (χ3n) is 6.16. The first-order valence-corrected chi connectivity index (χ1v) is 12.2. The van der Waals surface area contributed by atoms with Crippen LogP contribution in [0.3, 0.4) is 0 Å². The molecule has 0 bridgehead atoms. The van der Waals surface area contributed by atoms with Gasteiger partial charge in [-0.25, -0.2) is 9.97 Å². The van der Waals surface area contributed by atoms with Gasteiger partial charge in [-0.05, 0) is 54.4 Å². The van der Waals surface area contributed by atoms with Crippen LogP contribution in [0.25, 0.3) is 22.0 Å². The lowest BCUT2D eigenvalue weighted by atomic mass is 10.0. The first-order valence-electron chi connectivity index (χ1n) is 12.2. The highest BCUT2D eigenvalue weighted by Gasteiger charge is 2.10. The second-order valence-electron chi connectivity index (χ2n) is 8.84. The van der Waals surface area contributed by atoms with Crippen LogP contribution < -0.4 is 16.2 Å². The summed E-state index contributed by atoms with van der Waals surface area (Å²) in [4.78, 5) is 38.7. The zero-order chi connectivity index (χ0) is 25.6. The molecule has 9 heteroatoms. The number of aryl methyl sites for hydroxylation is 1. The van der Waals surface area contributed by atoms with Crippen LogP contribution in [0, 0.1) is 6.92 Å². The van der Waals surface area contributed by atoms with Crippen molar-refractivity contribution in [3.8, 4) is 11.1 Å². The molecule has 1 saturated heterocycles. The molecule has 0 unspecified atom stereocenters. The van der Waals surface area contributed by atoms with E-state index in [4.69, 9.17) is 4.74 Å². The van der Waals surface area contributed by atoms with Crippen molar-refractivity contribution in [2.45, 2.75) is 6.92 Å². The van der Waals surface area contributed by atoms with E-state index in [1.807, 2.05) is 61.5 Å². The van der Waals surface area contributed by atoms with Gasteiger partial charge >= 0.3 is 0 Å². The molecule has 1 fully saturated rings. The summed E-state index contributed by atoms with van der Waals surface area (Å²) in [6.45, 7) is 5.86. The maximum absolute atomic E-state index is 12.3. The maximum Gasteiger partial charge on any atom is 0.256 e. The first kappa shape index (κ1) is 24.4. The van der Waals surface area contributed by atoms with Gasteiger partial charge in [-0.3, -0.25) is 14.5 Å². The van der Waals surface area contributed by atoms with Crippen LogP contribution in [0.15, 0.2) is 77.9 Å². The number of aromatic nitrogens is 3. The number of pyridine rings is 1. The number of benzene rings is 2. The Hall–Kier alpha value is -4.34. The number of H-pyrrole nitrogens is 1. The highest BCUT2D eigenvalue weighted by Crippen LogP contribution is 2.25. The lowest BCUT2D eigenvalue weighted by molar-refractivity contribution is -0.111. The van der Waals surface area contributed by atoms with Crippen molar-refractivity contribution in [3.05, 3.63) is 89.0 Å². The molecule has 5 rings (SSSR count). The third kappa shape index (κ3) is 6.08. The van der Waals surface area contributed by atoms with E-state index in [-0.39, 0.29) is 11.5 Å². The van der Waals surface area contributed by atoms with Gasteiger partial charge in [0.15, 0.2) is 0 Å². The van der Waals surface area contributed by atoms with E-state index in [0.717, 1.165) is 60.6 Å². The molecule has 0 radical (unpaired) electrons. The number of hydrogen-bond donors (Lipinski definition) is 3. The average Bonchev–Trinajstić information content (AvgIpc) is 2.89. The Bertz CT molecular complexity index is 1510. The Morgan fingerprint density at radius 3 is 2.81 bits per heavy atom. The monoisotopic (exact) mass is 496 g/mol. The number of carbonyl (C=O) groups excluding carboxylic acids is 1. The van der Waals surface area contributed by atoms with Gasteiger partial charge in [-0.15, -0.1) is 0 Å². The number of nitrogens with zero attached hydrogens (tertiary/aromatic N) is 3. The van der Waals surface area contributed by atoms with Crippen molar-refractivity contribution < 1.29 is 9.53 Å². The Labute approximate surface area is 214 Å². The molecule has 3 N–H and O–H groups in total. The van der Waals surface area contributed by atoms with Crippen LogP contribution in [0.5, 0.6) is 0 Å². The fourth-order valence-electron chi connectivity index (χ4n) is 4.27. The van der Waals surface area contributed by atoms with Crippen LogP contribution in [-0.4, -0.2) is 58.6 Å². The molecule has 1 aliphatic heterocycles. The number of amides is 1. The largest absolute Gasteiger partial charge is 0.379 e. The molecule has 37 heavy (non-hydrogen) atoms. The van der Waals surface area contributed by atoms with E-state index in [1.54, 1.807) is 18.5 Å². The number of anilines is 3. The zero-order valence-corrected chi connectivity index (χ0v) is 20.5. The Morgan fingerprint density at radius 2 is 1.97 bits per heavy atom. The number of carbonyl (C=O) groups is 1. The summed E-state index contributed by atoms with van der Waals surface area (Å²) in [5, 5.41) is 6.91. The Kier molecular flexibility index (Phi) is 7.34. The van der Waals surface area contributed by atoms with Crippen LogP contribution in [-0.2, 0) is 9.53 Å². The zero-order valence-electron chi connectivity index (χ0n) is 20.5. The molecule has 0 saturated carbocycles. The summed E-state index contributed by atoms with van der Waals surface area (Å²) >= 11 is 0. The first-order chi connectivity index (χ1) is 18.0. The van der Waals surface area contributed by atoms with Crippen LogP contribution >= 0.6 is 0 Å². The SMILES string of the molecule is Cc1cc[nH]c(=O)c1-c1ccc2nc(Nc3cccc(NC(=O)/C=C/CN4CCOCC4)c3)ncc2c1. The highest BCUT2D eigenvalue weighted by molar-refractivity contribution is 5.99. The second-order valence-corrected chi connectivity index (χ2v) is 8.84. The molecule has 2 aromatic heterocycles. The molecule has 3 heterocycles. The normalized spacial score (nSPS) is 14.2. The molecule has 0 spiro atoms. The van der Waals surface area contributed by atoms with E-state index < -0.39 is 0 Å². The van der Waals surface area contributed by atoms with Crippen LogP contribution in [0.1, 0.15) is 5.56 Å². The van der Waals surface area contributed by atoms with Crippen molar-refractivity contribution in [1.82, 2.24) is 19.9 Å². The van der Waals surface area contributed by atoms with E-state index >= 15 is 0 Å². The number of morpholine rings is 1. The predicted molar refractivity (Wildman–Crippen MR) is 145 cm³/mol. The van der Waals surface area contributed by atoms with E-state index in [0.29, 0.717) is 17.2 Å². The molecular formula is C28H28N6O3. The summed E-state index contributed by atoms with van der Waals surface area (Å²) in [7, 11) is 0. The van der Waals surface area contributed by atoms with Gasteiger partial charge in [-0.1, -0.05) is 18.2 Å². The Morgan fingerprint density at radius 1 is 1.14 bits per heavy atom. The van der Waals surface area contributed by atoms with Crippen molar-refractivity contribution >= 4 is 34.1 Å². The number of fused-ring (bicyclic) bond motifs is 1. The second kappa shape index (κ2) is 11.2. The molecule has 2 aromatic carbocycles. The summed E-state index contributed by atoms with van der Waals surface area (Å²) in [6.07, 6.45) is 6.80. The minimum absolute atomic E-state index is 0.127. The van der Waals surface area contributed by atoms with Crippen LogP contribution in [0.4, 0.5) is 17.3 Å². The van der Waals surface area contributed by atoms with Crippen molar-refractivity contribution in [2.75, 3.05) is 43.5 Å². The minimum atomic E-state index is -0.185. The van der Waals surface area contributed by atoms with Gasteiger partial charge in [0.05, 0.1) is 18.7 Å². The molecule has 1 amide bonds. The summed E-state index contributed by atoms with van der Waals surface area (Å²) in [6, 6.07) is 14.9. The molecule has 0 atom stereocenters. The quantitative estimate of drug-likeness (QED) is 0.333. The van der Waals surface area contributed by atoms with Gasteiger partial charge in [0, 0.05) is 60.4 Å². The van der Waals surface area contributed by atoms with Crippen molar-refractivity contribution in [2.24, 2.45) is 0 Å². The topological polar surface area (TPSA) is 112 Å². The molecule has 1 aliphatic rings.